The molecule has 0 aliphatic carbocycles. The molecular weight excluding hydrogens is 381 g/mol. The van der Waals surface area contributed by atoms with Crippen LogP contribution in [0.1, 0.15) is 32.1 Å². The molecule has 3 aromatic rings. The maximum Gasteiger partial charge on any atom is 0.223 e. The minimum atomic E-state index is -0.387. The summed E-state index contributed by atoms with van der Waals surface area (Å²) < 4.78 is 22.2. The van der Waals surface area contributed by atoms with Gasteiger partial charge in [-0.1, -0.05) is 11.6 Å². The van der Waals surface area contributed by atoms with Crippen LogP contribution in [0.5, 0.6) is 0 Å². The summed E-state index contributed by atoms with van der Waals surface area (Å²) >= 11 is 6.35. The van der Waals surface area contributed by atoms with Crippen molar-refractivity contribution in [2.75, 3.05) is 25.1 Å². The summed E-state index contributed by atoms with van der Waals surface area (Å²) in [5, 5.41) is 3.61. The second kappa shape index (κ2) is 7.64. The van der Waals surface area contributed by atoms with Crippen molar-refractivity contribution in [3.05, 3.63) is 35.0 Å². The van der Waals surface area contributed by atoms with Gasteiger partial charge in [-0.25, -0.2) is 19.3 Å². The maximum atomic E-state index is 14.8. The van der Waals surface area contributed by atoms with Crippen molar-refractivity contribution in [3.8, 4) is 11.3 Å². The number of nitrogens with one attached hydrogen (secondary N) is 1. The van der Waals surface area contributed by atoms with Gasteiger partial charge in [0.05, 0.1) is 29.0 Å². The minimum absolute atomic E-state index is 0.159. The van der Waals surface area contributed by atoms with E-state index >= 15 is 0 Å². The number of hydrogen-bond donors (Lipinski definition) is 1. The van der Waals surface area contributed by atoms with Gasteiger partial charge in [-0.3, -0.25) is 0 Å². The molecule has 1 N–H and O–H groups in total. The van der Waals surface area contributed by atoms with Crippen molar-refractivity contribution < 1.29 is 9.13 Å². The third kappa shape index (κ3) is 3.56. The number of anilines is 1. The molecule has 2 aromatic heterocycles. The van der Waals surface area contributed by atoms with Crippen LogP contribution in [0.4, 0.5) is 10.3 Å². The lowest BCUT2D eigenvalue weighted by Crippen LogP contribution is -2.15. The summed E-state index contributed by atoms with van der Waals surface area (Å²) in [7, 11) is 0. The SMILES string of the molecule is Cc1nc2c(F)cc(-c3nc(NC[C@@H]4CCOC4)ncc3Cl)cc2n1C(C)C. The van der Waals surface area contributed by atoms with Gasteiger partial charge in [0.25, 0.3) is 0 Å². The lowest BCUT2D eigenvalue weighted by atomic mass is 10.1. The van der Waals surface area contributed by atoms with Gasteiger partial charge in [0.2, 0.25) is 5.95 Å². The summed E-state index contributed by atoms with van der Waals surface area (Å²) in [6.07, 6.45) is 2.57. The van der Waals surface area contributed by atoms with E-state index in [1.807, 2.05) is 31.4 Å². The van der Waals surface area contributed by atoms with Gasteiger partial charge in [0.1, 0.15) is 11.3 Å². The van der Waals surface area contributed by atoms with Crippen LogP contribution in [0.2, 0.25) is 5.02 Å². The van der Waals surface area contributed by atoms with Gasteiger partial charge in [-0.05, 0) is 39.3 Å². The van der Waals surface area contributed by atoms with E-state index in [9.17, 15) is 4.39 Å². The third-order valence-electron chi connectivity index (χ3n) is 5.03. The molecule has 28 heavy (non-hydrogen) atoms. The second-order valence-electron chi connectivity index (χ2n) is 7.45. The third-order valence-corrected chi connectivity index (χ3v) is 5.31. The number of halogens is 2. The van der Waals surface area contributed by atoms with Crippen LogP contribution in [-0.2, 0) is 4.74 Å². The molecule has 148 valence electrons. The van der Waals surface area contributed by atoms with Crippen molar-refractivity contribution in [2.45, 2.75) is 33.2 Å². The summed E-state index contributed by atoms with van der Waals surface area (Å²) in [6, 6.07) is 3.48. The fourth-order valence-corrected chi connectivity index (χ4v) is 3.89. The molecule has 8 heteroatoms. The highest BCUT2D eigenvalue weighted by atomic mass is 35.5. The summed E-state index contributed by atoms with van der Waals surface area (Å²) in [5.41, 5.74) is 2.19. The van der Waals surface area contributed by atoms with Crippen molar-refractivity contribution in [2.24, 2.45) is 5.92 Å². The van der Waals surface area contributed by atoms with Crippen LogP contribution in [0.3, 0.4) is 0 Å². The van der Waals surface area contributed by atoms with Crippen LogP contribution in [-0.4, -0.2) is 39.3 Å². The fourth-order valence-electron chi connectivity index (χ4n) is 3.69. The van der Waals surface area contributed by atoms with E-state index < -0.39 is 0 Å². The van der Waals surface area contributed by atoms with Gasteiger partial charge in [-0.15, -0.1) is 0 Å². The Labute approximate surface area is 168 Å². The highest BCUT2D eigenvalue weighted by Crippen LogP contribution is 2.32. The molecule has 0 spiro atoms. The number of nitrogens with zero attached hydrogens (tertiary/aromatic N) is 4. The van der Waals surface area contributed by atoms with Crippen LogP contribution >= 0.6 is 11.6 Å². The lowest BCUT2D eigenvalue weighted by Gasteiger charge is -2.13. The van der Waals surface area contributed by atoms with E-state index in [1.54, 1.807) is 6.20 Å². The smallest absolute Gasteiger partial charge is 0.223 e. The Morgan fingerprint density at radius 1 is 1.36 bits per heavy atom. The Hall–Kier alpha value is -2.25. The van der Waals surface area contributed by atoms with Crippen molar-refractivity contribution in [1.82, 2.24) is 19.5 Å². The Balaban J connectivity index is 1.72. The molecule has 0 radical (unpaired) electrons. The monoisotopic (exact) mass is 403 g/mol. The molecule has 1 fully saturated rings. The summed E-state index contributed by atoms with van der Waals surface area (Å²) in [6.45, 7) is 8.24. The van der Waals surface area contributed by atoms with E-state index in [0.29, 0.717) is 33.7 Å². The lowest BCUT2D eigenvalue weighted by molar-refractivity contribution is 0.187. The van der Waals surface area contributed by atoms with Crippen molar-refractivity contribution in [3.63, 3.8) is 0 Å². The van der Waals surface area contributed by atoms with Gasteiger partial charge in [-0.2, -0.15) is 0 Å². The molecule has 0 amide bonds. The number of aromatic nitrogens is 4. The van der Waals surface area contributed by atoms with E-state index in [-0.39, 0.29) is 11.9 Å². The molecule has 1 aromatic carbocycles. The van der Waals surface area contributed by atoms with Crippen LogP contribution in [0, 0.1) is 18.7 Å². The van der Waals surface area contributed by atoms with Crippen molar-refractivity contribution >= 4 is 28.6 Å². The molecule has 1 aliphatic heterocycles. The number of rotatable bonds is 5. The second-order valence-corrected chi connectivity index (χ2v) is 7.86. The number of aryl methyl sites for hydroxylation is 1. The first-order chi connectivity index (χ1) is 13.4. The van der Waals surface area contributed by atoms with E-state index in [0.717, 1.165) is 37.5 Å². The largest absolute Gasteiger partial charge is 0.381 e. The molecule has 0 saturated carbocycles. The van der Waals surface area contributed by atoms with Gasteiger partial charge < -0.3 is 14.6 Å². The van der Waals surface area contributed by atoms with Gasteiger partial charge in [0.15, 0.2) is 5.82 Å². The van der Waals surface area contributed by atoms with Crippen molar-refractivity contribution in [1.29, 1.82) is 0 Å². The Bertz CT molecular complexity index is 1010. The van der Waals surface area contributed by atoms with E-state index in [1.165, 1.54) is 6.07 Å². The number of imidazole rings is 1. The topological polar surface area (TPSA) is 64.9 Å². The van der Waals surface area contributed by atoms with Crippen LogP contribution in [0.25, 0.3) is 22.3 Å². The average molecular weight is 404 g/mol. The molecule has 0 bridgehead atoms. The molecule has 0 unspecified atom stereocenters. The molecule has 1 saturated heterocycles. The zero-order chi connectivity index (χ0) is 19.8. The van der Waals surface area contributed by atoms with Gasteiger partial charge >= 0.3 is 0 Å². The summed E-state index contributed by atoms with van der Waals surface area (Å²) in [4.78, 5) is 13.2. The first-order valence-corrected chi connectivity index (χ1v) is 9.84. The Morgan fingerprint density at radius 3 is 2.89 bits per heavy atom. The quantitative estimate of drug-likeness (QED) is 0.673. The predicted octanol–water partition coefficient (Wildman–Crippen LogP) is 4.62. The van der Waals surface area contributed by atoms with Crippen LogP contribution < -0.4 is 5.32 Å². The van der Waals surface area contributed by atoms with Gasteiger partial charge in [0, 0.05) is 30.7 Å². The molecule has 4 rings (SSSR count). The molecule has 3 heterocycles. The summed E-state index contributed by atoms with van der Waals surface area (Å²) in [5.74, 6) is 1.30. The Kier molecular flexibility index (Phi) is 5.21. The predicted molar refractivity (Wildman–Crippen MR) is 108 cm³/mol. The molecule has 6 nitrogen and oxygen atoms in total. The molecular formula is C20H23ClFN5O. The molecule has 1 aliphatic rings. The maximum absolute atomic E-state index is 14.8. The highest BCUT2D eigenvalue weighted by Gasteiger charge is 2.19. The Morgan fingerprint density at radius 2 is 2.18 bits per heavy atom. The zero-order valence-corrected chi connectivity index (χ0v) is 16.9. The number of fused-ring (bicyclic) bond motifs is 1. The first kappa shape index (κ1) is 19.1. The fraction of sp³-hybridized carbons (Fsp3) is 0.450. The van der Waals surface area contributed by atoms with Crippen LogP contribution in [0.15, 0.2) is 18.3 Å². The molecule has 1 atom stereocenters. The van der Waals surface area contributed by atoms with E-state index in [4.69, 9.17) is 16.3 Å². The minimum Gasteiger partial charge on any atom is -0.381 e. The zero-order valence-electron chi connectivity index (χ0n) is 16.2. The first-order valence-electron chi connectivity index (χ1n) is 9.46. The number of hydrogen-bond acceptors (Lipinski definition) is 5. The van der Waals surface area contributed by atoms with E-state index in [2.05, 4.69) is 20.3 Å². The number of ether oxygens (including phenoxy) is 1. The standard InChI is InChI=1S/C20H23ClFN5O/c1-11(2)27-12(3)25-19-16(22)6-14(7-17(19)27)18-15(21)9-24-20(26-18)23-8-13-4-5-28-10-13/h6-7,9,11,13H,4-5,8,10H2,1-3H3,(H,23,24,26)/t13-/m0/s1. The number of benzene rings is 1. The normalized spacial score (nSPS) is 17.0. The average Bonchev–Trinajstić information content (AvgIpc) is 3.28. The highest BCUT2D eigenvalue weighted by molar-refractivity contribution is 6.33.